The molecule has 3 aliphatic carbocycles. The number of allylic oxidation sites excluding steroid dienone is 2. The molecule has 1 amide bonds. The van der Waals surface area contributed by atoms with Crippen LogP contribution in [0.4, 0.5) is 0 Å². The summed E-state index contributed by atoms with van der Waals surface area (Å²) < 4.78 is 5.65. The zero-order valence-corrected chi connectivity index (χ0v) is 17.6. The van der Waals surface area contributed by atoms with Gasteiger partial charge in [0.15, 0.2) is 0 Å². The lowest BCUT2D eigenvalue weighted by molar-refractivity contribution is -0.153. The number of carbonyl (C=O) groups excluding carboxylic acids is 2. The maximum atomic E-state index is 13.0. The summed E-state index contributed by atoms with van der Waals surface area (Å²) in [5.74, 6) is 3.02. The third-order valence-corrected chi connectivity index (χ3v) is 8.28. The molecule has 0 radical (unpaired) electrons. The maximum absolute atomic E-state index is 13.0. The van der Waals surface area contributed by atoms with E-state index in [1.54, 1.807) is 0 Å². The van der Waals surface area contributed by atoms with E-state index in [0.717, 1.165) is 44.3 Å². The lowest BCUT2D eigenvalue weighted by atomic mass is 9.49. The van der Waals surface area contributed by atoms with Gasteiger partial charge in [0.05, 0.1) is 0 Å². The minimum Gasteiger partial charge on any atom is -0.431 e. The largest absolute Gasteiger partial charge is 0.431 e. The highest BCUT2D eigenvalue weighted by molar-refractivity contribution is 5.80. The molecule has 150 valence electrons. The molecule has 2 saturated carbocycles. The molecule has 0 aromatic rings. The third-order valence-electron chi connectivity index (χ3n) is 8.28. The average Bonchev–Trinajstić information content (AvgIpc) is 2.91. The molecule has 0 spiro atoms. The molecular weight excluding hydrogens is 338 g/mol. The lowest BCUT2D eigenvalue weighted by Gasteiger charge is -2.56. The van der Waals surface area contributed by atoms with Crippen LogP contribution in [0.5, 0.6) is 0 Å². The van der Waals surface area contributed by atoms with Gasteiger partial charge in [-0.15, -0.1) is 0 Å². The molecule has 4 rings (SSSR count). The molecule has 1 aliphatic heterocycles. The third kappa shape index (κ3) is 2.94. The first-order valence-electron chi connectivity index (χ1n) is 10.8. The van der Waals surface area contributed by atoms with Crippen LogP contribution < -0.4 is 5.32 Å². The van der Waals surface area contributed by atoms with Crippen LogP contribution >= 0.6 is 0 Å². The van der Waals surface area contributed by atoms with E-state index in [-0.39, 0.29) is 34.2 Å². The van der Waals surface area contributed by atoms with Gasteiger partial charge in [0.2, 0.25) is 5.91 Å². The van der Waals surface area contributed by atoms with Gasteiger partial charge in [0.1, 0.15) is 5.76 Å². The highest BCUT2D eigenvalue weighted by atomic mass is 16.5. The predicted octanol–water partition coefficient (Wildman–Crippen LogP) is 4.59. The van der Waals surface area contributed by atoms with Gasteiger partial charge in [-0.3, -0.25) is 9.59 Å². The number of hydrogen-bond acceptors (Lipinski definition) is 3. The second-order valence-electron chi connectivity index (χ2n) is 11.0. The van der Waals surface area contributed by atoms with Gasteiger partial charge < -0.3 is 10.1 Å². The first kappa shape index (κ1) is 19.0. The molecule has 0 bridgehead atoms. The number of fused-ring (bicyclic) bond motifs is 5. The Labute approximate surface area is 163 Å². The summed E-state index contributed by atoms with van der Waals surface area (Å²) in [6.07, 6.45) is 9.06. The summed E-state index contributed by atoms with van der Waals surface area (Å²) in [4.78, 5) is 24.8. The van der Waals surface area contributed by atoms with Crippen molar-refractivity contribution in [1.82, 2.24) is 5.32 Å². The van der Waals surface area contributed by atoms with Crippen LogP contribution in [-0.2, 0) is 14.3 Å². The zero-order valence-electron chi connectivity index (χ0n) is 17.6. The Bertz CT molecular complexity index is 690. The molecule has 1 heterocycles. The van der Waals surface area contributed by atoms with E-state index in [9.17, 15) is 9.59 Å². The molecule has 0 aromatic carbocycles. The number of hydrogen-bond donors (Lipinski definition) is 1. The van der Waals surface area contributed by atoms with Crippen molar-refractivity contribution < 1.29 is 14.3 Å². The van der Waals surface area contributed by atoms with Crippen LogP contribution in [-0.4, -0.2) is 17.4 Å². The standard InChI is InChI=1S/C23H35NO3/c1-21(2,3)24-20(26)17-8-7-15-14-6-9-18-23(5,13-11-19(25)27-18)16(14)10-12-22(15,17)4/h9,14-17H,6-8,10-13H2,1-5H3,(H,24,26)/t14-,15-,16+,17?,22-,23+/m0/s1. The van der Waals surface area contributed by atoms with Crippen molar-refractivity contribution in [1.29, 1.82) is 0 Å². The van der Waals surface area contributed by atoms with Crippen molar-refractivity contribution in [3.8, 4) is 0 Å². The van der Waals surface area contributed by atoms with E-state index in [0.29, 0.717) is 24.2 Å². The number of nitrogens with one attached hydrogen (secondary N) is 1. The fraction of sp³-hybridized carbons (Fsp3) is 0.826. The summed E-state index contributed by atoms with van der Waals surface area (Å²) >= 11 is 0. The molecule has 0 aromatic heterocycles. The summed E-state index contributed by atoms with van der Waals surface area (Å²) in [6.45, 7) is 10.9. The number of ether oxygens (including phenoxy) is 1. The SMILES string of the molecule is CC(C)(C)NC(=O)C1CC[C@H]2[C@@H]3CC=C4OC(=O)CC[C@]4(C)[C@@H]3CC[C@]12C. The molecule has 1 unspecified atom stereocenters. The van der Waals surface area contributed by atoms with Crippen LogP contribution in [0.25, 0.3) is 0 Å². The van der Waals surface area contributed by atoms with Crippen molar-refractivity contribution >= 4 is 11.9 Å². The number of amides is 1. The van der Waals surface area contributed by atoms with Gasteiger partial charge >= 0.3 is 5.97 Å². The van der Waals surface area contributed by atoms with Crippen LogP contribution in [0, 0.1) is 34.5 Å². The topological polar surface area (TPSA) is 55.4 Å². The first-order chi connectivity index (χ1) is 12.5. The first-order valence-corrected chi connectivity index (χ1v) is 10.8. The Balaban J connectivity index is 1.59. The van der Waals surface area contributed by atoms with Crippen molar-refractivity contribution in [2.24, 2.45) is 34.5 Å². The van der Waals surface area contributed by atoms with E-state index in [1.807, 2.05) is 0 Å². The molecule has 27 heavy (non-hydrogen) atoms. The second-order valence-corrected chi connectivity index (χ2v) is 11.0. The van der Waals surface area contributed by atoms with Gasteiger partial charge in [0.25, 0.3) is 0 Å². The van der Waals surface area contributed by atoms with Crippen LogP contribution in [0.2, 0.25) is 0 Å². The van der Waals surface area contributed by atoms with E-state index in [2.05, 4.69) is 46.0 Å². The van der Waals surface area contributed by atoms with E-state index < -0.39 is 0 Å². The molecular formula is C23H35NO3. The van der Waals surface area contributed by atoms with E-state index in [1.165, 1.54) is 0 Å². The molecule has 1 N–H and O–H groups in total. The molecule has 4 aliphatic rings. The monoisotopic (exact) mass is 373 g/mol. The Hall–Kier alpha value is -1.32. The Morgan fingerprint density at radius 3 is 2.59 bits per heavy atom. The highest BCUT2D eigenvalue weighted by Crippen LogP contribution is 2.65. The van der Waals surface area contributed by atoms with Gasteiger partial charge in [-0.25, -0.2) is 0 Å². The number of carbonyl (C=O) groups is 2. The van der Waals surface area contributed by atoms with Crippen molar-refractivity contribution in [2.75, 3.05) is 0 Å². The smallest absolute Gasteiger partial charge is 0.310 e. The van der Waals surface area contributed by atoms with Crippen molar-refractivity contribution in [2.45, 2.75) is 85.1 Å². The van der Waals surface area contributed by atoms with Crippen LogP contribution in [0.3, 0.4) is 0 Å². The van der Waals surface area contributed by atoms with Crippen LogP contribution in [0.1, 0.15) is 79.6 Å². The number of rotatable bonds is 1. The quantitative estimate of drug-likeness (QED) is 0.684. The minimum atomic E-state index is -0.176. The minimum absolute atomic E-state index is 0.00388. The van der Waals surface area contributed by atoms with Gasteiger partial charge in [-0.1, -0.05) is 13.8 Å². The van der Waals surface area contributed by atoms with Crippen molar-refractivity contribution in [3.63, 3.8) is 0 Å². The Morgan fingerprint density at radius 2 is 1.89 bits per heavy atom. The fourth-order valence-corrected chi connectivity index (χ4v) is 6.96. The van der Waals surface area contributed by atoms with Gasteiger partial charge in [-0.05, 0) is 88.5 Å². The molecule has 4 nitrogen and oxygen atoms in total. The summed E-state index contributed by atoms with van der Waals surface area (Å²) in [5, 5.41) is 3.24. The number of esters is 1. The van der Waals surface area contributed by atoms with Gasteiger partial charge in [0, 0.05) is 23.3 Å². The fourth-order valence-electron chi connectivity index (χ4n) is 6.96. The summed E-state index contributed by atoms with van der Waals surface area (Å²) in [7, 11) is 0. The van der Waals surface area contributed by atoms with Gasteiger partial charge in [-0.2, -0.15) is 0 Å². The Morgan fingerprint density at radius 1 is 1.15 bits per heavy atom. The zero-order chi connectivity index (χ0) is 19.6. The van der Waals surface area contributed by atoms with E-state index >= 15 is 0 Å². The average molecular weight is 374 g/mol. The molecule has 1 saturated heterocycles. The Kier molecular flexibility index (Phi) is 4.29. The summed E-state index contributed by atoms with van der Waals surface area (Å²) in [6, 6.07) is 0. The lowest BCUT2D eigenvalue weighted by Crippen LogP contribution is -2.53. The second kappa shape index (κ2) is 6.09. The van der Waals surface area contributed by atoms with Crippen molar-refractivity contribution in [3.05, 3.63) is 11.8 Å². The summed E-state index contributed by atoms with van der Waals surface area (Å²) in [5.41, 5.74) is -0.0713. The van der Waals surface area contributed by atoms with E-state index in [4.69, 9.17) is 4.74 Å². The van der Waals surface area contributed by atoms with Crippen LogP contribution in [0.15, 0.2) is 11.8 Å². The normalized spacial score (nSPS) is 43.7. The highest BCUT2D eigenvalue weighted by Gasteiger charge is 2.60. The molecule has 4 heteroatoms. The molecule has 3 fully saturated rings. The maximum Gasteiger partial charge on any atom is 0.310 e. The molecule has 6 atom stereocenters. The predicted molar refractivity (Wildman–Crippen MR) is 105 cm³/mol.